The zero-order valence-electron chi connectivity index (χ0n) is 39.4. The number of piperidine rings is 1. The highest BCUT2D eigenvalue weighted by Gasteiger charge is 2.43. The van der Waals surface area contributed by atoms with Crippen molar-refractivity contribution in [1.29, 1.82) is 0 Å². The number of aliphatic hydroxyl groups is 1. The van der Waals surface area contributed by atoms with Crippen LogP contribution in [-0.2, 0) is 15.8 Å². The van der Waals surface area contributed by atoms with Crippen molar-refractivity contribution in [1.82, 2.24) is 9.80 Å². The number of amides is 1. The van der Waals surface area contributed by atoms with Crippen LogP contribution in [0, 0.1) is 0 Å². The predicted octanol–water partition coefficient (Wildman–Crippen LogP) is 5.09. The fourth-order valence-electron chi connectivity index (χ4n) is 3.29. The van der Waals surface area contributed by atoms with Crippen molar-refractivity contribution in [3.05, 3.63) is 107 Å². The summed E-state index contributed by atoms with van der Waals surface area (Å²) < 4.78 is 190. The molecule has 1 saturated heterocycles. The molecule has 3 aromatic rings. The Morgan fingerprint density at radius 2 is 1.62 bits per heavy atom. The van der Waals surface area contributed by atoms with Crippen LogP contribution in [-0.4, -0.2) is 54.3 Å². The van der Waals surface area contributed by atoms with E-state index >= 15 is 0 Å². The maximum atomic E-state index is 15.0. The van der Waals surface area contributed by atoms with Gasteiger partial charge in [-0.2, -0.15) is 0 Å². The van der Waals surface area contributed by atoms with E-state index in [0.717, 1.165) is 24.3 Å². The average molecular weight is 499 g/mol. The smallest absolute Gasteiger partial charge is 0.237 e. The van der Waals surface area contributed by atoms with Gasteiger partial charge in [-0.15, -0.1) is 0 Å². The highest BCUT2D eigenvalue weighted by Crippen LogP contribution is 2.39. The van der Waals surface area contributed by atoms with Crippen molar-refractivity contribution in [2.45, 2.75) is 30.1 Å². The second-order valence-electron chi connectivity index (χ2n) is 7.07. The molecule has 4 rings (SSSR count). The predicted molar refractivity (Wildman–Crippen MR) is 138 cm³/mol. The van der Waals surface area contributed by atoms with Crippen LogP contribution in [0.3, 0.4) is 0 Å². The summed E-state index contributed by atoms with van der Waals surface area (Å²) in [4.78, 5) is 13.4. The minimum atomic E-state index is -4.63. The number of halogens is 1. The van der Waals surface area contributed by atoms with Crippen LogP contribution < -0.4 is 0 Å². The van der Waals surface area contributed by atoms with Crippen LogP contribution in [0.15, 0.2) is 84.8 Å². The third-order valence-electron chi connectivity index (χ3n) is 4.95. The van der Waals surface area contributed by atoms with Gasteiger partial charge < -0.3 is 14.9 Å². The lowest BCUT2D eigenvalue weighted by Crippen LogP contribution is -2.48. The maximum absolute atomic E-state index is 15.0. The summed E-state index contributed by atoms with van der Waals surface area (Å²) in [6.07, 6.45) is -13.4. The van der Waals surface area contributed by atoms with Crippen LogP contribution in [0.25, 0.3) is 0 Å². The largest absolute Gasteiger partial charge is 0.385 e. The van der Waals surface area contributed by atoms with Crippen LogP contribution >= 0.6 is 11.6 Å². The minimum Gasteiger partial charge on any atom is -0.385 e. The standard InChI is InChI=1S/C29H33ClN2O2/c1-31(2)27(33)29(24-9-5-3-6-10-24,25-11-7-4-8-12-25)19-22-32-20-17-28(34,18-21-32)23-13-15-26(30)16-14-23/h3-16,34H,17-22H2,1-2H3/i1D3,2D3,13D,14D,15D,16D,17D2,18D2,19D2,20D2,21D2,22D2. The number of rotatable bonds is 7. The van der Waals surface area contributed by atoms with E-state index in [-0.39, 0.29) is 0 Å². The van der Waals surface area contributed by atoms with Gasteiger partial charge in [-0.05, 0) is 54.4 Å². The molecule has 0 aromatic heterocycles. The van der Waals surface area contributed by atoms with Gasteiger partial charge >= 0.3 is 0 Å². The van der Waals surface area contributed by atoms with Gasteiger partial charge in [0.15, 0.2) is 0 Å². The molecule has 1 heterocycles. The quantitative estimate of drug-likeness (QED) is 0.493. The van der Waals surface area contributed by atoms with Gasteiger partial charge in [0.25, 0.3) is 0 Å². The molecule has 3 aromatic carbocycles. The van der Waals surface area contributed by atoms with Gasteiger partial charge in [0.2, 0.25) is 5.91 Å². The molecule has 1 N–H and O–H groups in total. The number of carbonyl (C=O) groups is 1. The van der Waals surface area contributed by atoms with E-state index < -0.39 is 125 Å². The van der Waals surface area contributed by atoms with Crippen LogP contribution in [0.2, 0.25) is 5.02 Å². The van der Waals surface area contributed by atoms with E-state index in [9.17, 15) is 15.4 Å². The molecular weight excluding hydrogens is 444 g/mol. The maximum Gasteiger partial charge on any atom is 0.237 e. The zero-order chi connectivity index (χ0) is 43.4. The number of likely N-dealkylation sites (N-methyl/N-ethyl adjacent to an activating group) is 1. The summed E-state index contributed by atoms with van der Waals surface area (Å²) in [6, 6.07) is 5.97. The van der Waals surface area contributed by atoms with Crippen molar-refractivity contribution >= 4 is 17.5 Å². The summed E-state index contributed by atoms with van der Waals surface area (Å²) in [5.41, 5.74) is -11.0. The second kappa shape index (κ2) is 10.3. The first kappa shape index (κ1) is 9.09. The number of carbonyl (C=O) groups excluding carboxylic acids is 1. The second-order valence-corrected chi connectivity index (χ2v) is 7.45. The minimum absolute atomic E-state index is 0.672. The van der Waals surface area contributed by atoms with E-state index in [1.165, 1.54) is 36.4 Å². The summed E-state index contributed by atoms with van der Waals surface area (Å²) >= 11 is 5.85. The lowest BCUT2D eigenvalue weighted by Gasteiger charge is -2.41. The van der Waals surface area contributed by atoms with Crippen molar-refractivity contribution < 1.29 is 40.1 Å². The first-order valence-electron chi connectivity index (χ1n) is 20.8. The summed E-state index contributed by atoms with van der Waals surface area (Å²) in [5.74, 6) is -2.19. The summed E-state index contributed by atoms with van der Waals surface area (Å²) in [6.45, 7) is -21.6. The normalized spacial score (nSPS) is 33.2. The average Bonchev–Trinajstić information content (AvgIpc) is 3.05. The number of likely N-dealkylation sites (tertiary alicyclic amines) is 1. The van der Waals surface area contributed by atoms with Crippen molar-refractivity contribution in [2.24, 2.45) is 0 Å². The highest BCUT2D eigenvalue weighted by molar-refractivity contribution is 6.30. The monoisotopic (exact) mass is 498 g/mol. The molecule has 5 heteroatoms. The first-order chi connectivity index (χ1) is 25.0. The van der Waals surface area contributed by atoms with E-state index in [4.69, 9.17) is 36.3 Å². The lowest BCUT2D eigenvalue weighted by molar-refractivity contribution is -0.133. The summed E-state index contributed by atoms with van der Waals surface area (Å²) in [7, 11) is 0. The van der Waals surface area contributed by atoms with Gasteiger partial charge in [-0.3, -0.25) is 4.79 Å². The molecule has 0 saturated carbocycles. The molecule has 1 aliphatic heterocycles. The lowest BCUT2D eigenvalue weighted by atomic mass is 9.70. The van der Waals surface area contributed by atoms with E-state index in [0.29, 0.717) is 0 Å². The molecule has 0 spiro atoms. The number of benzene rings is 3. The Morgan fingerprint density at radius 3 is 2.12 bits per heavy atom. The van der Waals surface area contributed by atoms with E-state index in [1.54, 1.807) is 0 Å². The summed E-state index contributed by atoms with van der Waals surface area (Å²) in [5, 5.41) is 11.2. The van der Waals surface area contributed by atoms with E-state index in [1.807, 2.05) is 0 Å². The van der Waals surface area contributed by atoms with Crippen LogP contribution in [0.5, 0.6) is 0 Å². The van der Waals surface area contributed by atoms with Crippen molar-refractivity contribution in [3.63, 3.8) is 0 Å². The molecule has 0 radical (unpaired) electrons. The molecule has 4 nitrogen and oxygen atoms in total. The Kier molecular flexibility index (Phi) is 2.76. The molecule has 0 bridgehead atoms. The first-order valence-corrected chi connectivity index (χ1v) is 10.2. The van der Waals surface area contributed by atoms with Crippen LogP contribution in [0.4, 0.5) is 0 Å². The number of hydrogen-bond donors (Lipinski definition) is 1. The topological polar surface area (TPSA) is 43.8 Å². The SMILES string of the molecule is [2H]c1c([2H])c(C2(O)C([2H])([2H])C([2H])([2H])N(C([2H])([2H])C([2H])([2H])C(C(=O)N(C([2H])([2H])[2H])C([2H])([2H])[2H])(c3ccccc3)c3ccccc3)C([2H])([2H])C2([2H])[2H])c([2H])c([2H])c1Cl. The molecular formula is C29H33ClN2O2. The van der Waals surface area contributed by atoms with Crippen molar-refractivity contribution in [2.75, 3.05) is 33.4 Å². The third kappa shape index (κ3) is 4.90. The Balaban J connectivity index is 2.23. The molecule has 1 aliphatic rings. The van der Waals surface area contributed by atoms with Crippen molar-refractivity contribution in [3.8, 4) is 0 Å². The van der Waals surface area contributed by atoms with Gasteiger partial charge in [-0.1, -0.05) is 84.3 Å². The highest BCUT2D eigenvalue weighted by atomic mass is 35.5. The zero-order valence-corrected chi connectivity index (χ0v) is 18.2. The van der Waals surface area contributed by atoms with E-state index in [2.05, 4.69) is 0 Å². The van der Waals surface area contributed by atoms with Crippen LogP contribution in [0.1, 0.15) is 66.0 Å². The van der Waals surface area contributed by atoms with Gasteiger partial charge in [0, 0.05) is 56.6 Å². The number of nitrogens with zero attached hydrogens (tertiary/aromatic N) is 2. The molecule has 0 aliphatic carbocycles. The van der Waals surface area contributed by atoms with Gasteiger partial charge in [0.05, 0.1) is 11.1 Å². The Labute approximate surface area is 238 Å². The fraction of sp³-hybridized carbons (Fsp3) is 0.345. The Bertz CT molecular complexity index is 1890. The van der Waals surface area contributed by atoms with Gasteiger partial charge in [-0.25, -0.2) is 0 Å². The molecule has 1 fully saturated rings. The molecule has 0 atom stereocenters. The van der Waals surface area contributed by atoms with Gasteiger partial charge in [0.1, 0.15) is 5.41 Å². The fourth-order valence-corrected chi connectivity index (χ4v) is 3.38. The Morgan fingerprint density at radius 1 is 1.09 bits per heavy atom. The molecule has 1 amide bonds. The molecule has 34 heavy (non-hydrogen) atoms. The third-order valence-corrected chi connectivity index (χ3v) is 5.14. The Hall–Kier alpha value is -2.66. The molecule has 0 unspecified atom stereocenters. The molecule has 178 valence electrons. The number of hydrogen-bond acceptors (Lipinski definition) is 3.